The highest BCUT2D eigenvalue weighted by molar-refractivity contribution is 5.75. The van der Waals surface area contributed by atoms with Crippen LogP contribution in [0.15, 0.2) is 24.3 Å². The monoisotopic (exact) mass is 248 g/mol. The second kappa shape index (κ2) is 8.70. The molecule has 1 aromatic rings. The molecule has 18 heavy (non-hydrogen) atoms. The minimum atomic E-state index is 0.140. The summed E-state index contributed by atoms with van der Waals surface area (Å²) >= 11 is 0. The molecule has 0 aliphatic rings. The molecule has 2 N–H and O–H groups in total. The quantitative estimate of drug-likeness (QED) is 0.694. The van der Waals surface area contributed by atoms with E-state index in [2.05, 4.69) is 36.6 Å². The van der Waals surface area contributed by atoms with Gasteiger partial charge in [-0.1, -0.05) is 37.6 Å². The number of rotatable bonds is 8. The summed E-state index contributed by atoms with van der Waals surface area (Å²) < 4.78 is 0. The molecule has 0 spiro atoms. The number of aryl methyl sites for hydroxylation is 1. The Hall–Kier alpha value is -1.35. The lowest BCUT2D eigenvalue weighted by molar-refractivity contribution is -0.121. The highest BCUT2D eigenvalue weighted by Gasteiger charge is 2.00. The summed E-state index contributed by atoms with van der Waals surface area (Å²) in [4.78, 5) is 11.4. The zero-order chi connectivity index (χ0) is 13.2. The summed E-state index contributed by atoms with van der Waals surface area (Å²) in [5.74, 6) is 0.140. The van der Waals surface area contributed by atoms with Crippen LogP contribution in [0.2, 0.25) is 0 Å². The molecule has 0 aromatic heterocycles. The molecule has 0 heterocycles. The molecule has 0 atom stereocenters. The van der Waals surface area contributed by atoms with Gasteiger partial charge in [0.15, 0.2) is 0 Å². The number of hydrogen-bond acceptors (Lipinski definition) is 2. The van der Waals surface area contributed by atoms with E-state index in [-0.39, 0.29) is 5.91 Å². The Bertz CT molecular complexity index is 363. The first-order chi connectivity index (χ1) is 8.74. The van der Waals surface area contributed by atoms with Crippen molar-refractivity contribution < 1.29 is 4.79 Å². The smallest absolute Gasteiger partial charge is 0.221 e. The first-order valence-electron chi connectivity index (χ1n) is 6.76. The van der Waals surface area contributed by atoms with Crippen LogP contribution in [0.4, 0.5) is 0 Å². The van der Waals surface area contributed by atoms with Crippen LogP contribution in [-0.2, 0) is 11.3 Å². The molecular weight excluding hydrogens is 224 g/mol. The highest BCUT2D eigenvalue weighted by Crippen LogP contribution is 2.05. The maximum absolute atomic E-state index is 11.4. The largest absolute Gasteiger partial charge is 0.356 e. The molecule has 0 unspecified atom stereocenters. The Morgan fingerprint density at radius 3 is 2.72 bits per heavy atom. The lowest BCUT2D eigenvalue weighted by Gasteiger charge is -2.08. The summed E-state index contributed by atoms with van der Waals surface area (Å²) in [7, 11) is 0. The van der Waals surface area contributed by atoms with Gasteiger partial charge in [0.25, 0.3) is 0 Å². The number of carbonyl (C=O) groups is 1. The van der Waals surface area contributed by atoms with Crippen molar-refractivity contribution in [3.8, 4) is 0 Å². The topological polar surface area (TPSA) is 41.1 Å². The highest BCUT2D eigenvalue weighted by atomic mass is 16.1. The van der Waals surface area contributed by atoms with Crippen molar-refractivity contribution in [2.75, 3.05) is 13.1 Å². The standard InChI is InChI=1S/C15H24N2O/c1-3-4-10-17-15(18)9-11-16-12-14-8-6-5-7-13(14)2/h5-8,16H,3-4,9-12H2,1-2H3,(H,17,18). The molecule has 0 saturated carbocycles. The van der Waals surface area contributed by atoms with Gasteiger partial charge in [-0.2, -0.15) is 0 Å². The molecule has 3 nitrogen and oxygen atoms in total. The van der Waals surface area contributed by atoms with Crippen LogP contribution in [0.25, 0.3) is 0 Å². The first kappa shape index (κ1) is 14.7. The number of nitrogens with one attached hydrogen (secondary N) is 2. The van der Waals surface area contributed by atoms with Gasteiger partial charge in [0.1, 0.15) is 0 Å². The van der Waals surface area contributed by atoms with Crippen molar-refractivity contribution >= 4 is 5.91 Å². The zero-order valence-corrected chi connectivity index (χ0v) is 11.5. The molecule has 1 rings (SSSR count). The Balaban J connectivity index is 2.12. The third-order valence-electron chi connectivity index (χ3n) is 2.96. The van der Waals surface area contributed by atoms with E-state index in [1.165, 1.54) is 11.1 Å². The second-order valence-corrected chi connectivity index (χ2v) is 4.56. The Morgan fingerprint density at radius 1 is 1.22 bits per heavy atom. The van der Waals surface area contributed by atoms with Gasteiger partial charge in [-0.05, 0) is 24.5 Å². The minimum absolute atomic E-state index is 0.140. The van der Waals surface area contributed by atoms with Crippen molar-refractivity contribution in [2.24, 2.45) is 0 Å². The van der Waals surface area contributed by atoms with Crippen LogP contribution in [0.3, 0.4) is 0 Å². The number of hydrogen-bond donors (Lipinski definition) is 2. The van der Waals surface area contributed by atoms with Crippen molar-refractivity contribution in [3.05, 3.63) is 35.4 Å². The van der Waals surface area contributed by atoms with E-state index < -0.39 is 0 Å². The number of carbonyl (C=O) groups excluding carboxylic acids is 1. The van der Waals surface area contributed by atoms with E-state index >= 15 is 0 Å². The summed E-state index contributed by atoms with van der Waals surface area (Å²) in [6.45, 7) is 6.58. The van der Waals surface area contributed by atoms with Gasteiger partial charge in [0, 0.05) is 26.1 Å². The third-order valence-corrected chi connectivity index (χ3v) is 2.96. The predicted molar refractivity (Wildman–Crippen MR) is 75.4 cm³/mol. The molecule has 1 aromatic carbocycles. The molecule has 0 aliphatic carbocycles. The molecule has 100 valence electrons. The second-order valence-electron chi connectivity index (χ2n) is 4.56. The normalized spacial score (nSPS) is 10.3. The summed E-state index contributed by atoms with van der Waals surface area (Å²) in [5, 5.41) is 6.22. The van der Waals surface area contributed by atoms with Crippen molar-refractivity contribution in [1.82, 2.24) is 10.6 Å². The van der Waals surface area contributed by atoms with Crippen LogP contribution in [0.1, 0.15) is 37.3 Å². The molecule has 0 radical (unpaired) electrons. The molecule has 0 aliphatic heterocycles. The summed E-state index contributed by atoms with van der Waals surface area (Å²) in [6.07, 6.45) is 2.73. The molecule has 3 heteroatoms. The van der Waals surface area contributed by atoms with Gasteiger partial charge >= 0.3 is 0 Å². The van der Waals surface area contributed by atoms with E-state index in [1.54, 1.807) is 0 Å². The number of unbranched alkanes of at least 4 members (excludes halogenated alkanes) is 1. The van der Waals surface area contributed by atoms with Gasteiger partial charge in [0.05, 0.1) is 0 Å². The molecule has 0 bridgehead atoms. The Kier molecular flexibility index (Phi) is 7.11. The van der Waals surface area contributed by atoms with E-state index in [9.17, 15) is 4.79 Å². The van der Waals surface area contributed by atoms with Gasteiger partial charge in [-0.15, -0.1) is 0 Å². The Labute approximate surface area is 110 Å². The maximum atomic E-state index is 11.4. The van der Waals surface area contributed by atoms with Crippen LogP contribution >= 0.6 is 0 Å². The van der Waals surface area contributed by atoms with Crippen molar-refractivity contribution in [2.45, 2.75) is 39.7 Å². The van der Waals surface area contributed by atoms with Crippen LogP contribution < -0.4 is 10.6 Å². The van der Waals surface area contributed by atoms with Crippen LogP contribution in [-0.4, -0.2) is 19.0 Å². The zero-order valence-electron chi connectivity index (χ0n) is 11.5. The van der Waals surface area contributed by atoms with Gasteiger partial charge in [-0.3, -0.25) is 4.79 Å². The number of amides is 1. The molecule has 0 saturated heterocycles. The summed E-state index contributed by atoms with van der Waals surface area (Å²) in [5.41, 5.74) is 2.58. The van der Waals surface area contributed by atoms with Gasteiger partial charge < -0.3 is 10.6 Å². The molecule has 1 amide bonds. The van der Waals surface area contributed by atoms with E-state index in [1.807, 2.05) is 12.1 Å². The maximum Gasteiger partial charge on any atom is 0.221 e. The molecule has 0 fully saturated rings. The van der Waals surface area contributed by atoms with Crippen molar-refractivity contribution in [1.29, 1.82) is 0 Å². The molecular formula is C15H24N2O. The van der Waals surface area contributed by atoms with E-state index in [4.69, 9.17) is 0 Å². The van der Waals surface area contributed by atoms with Gasteiger partial charge in [-0.25, -0.2) is 0 Å². The average Bonchev–Trinajstić information content (AvgIpc) is 2.37. The van der Waals surface area contributed by atoms with Gasteiger partial charge in [0.2, 0.25) is 5.91 Å². The van der Waals surface area contributed by atoms with E-state index in [0.717, 1.165) is 32.5 Å². The van der Waals surface area contributed by atoms with Crippen LogP contribution in [0, 0.1) is 6.92 Å². The number of benzene rings is 1. The average molecular weight is 248 g/mol. The SMILES string of the molecule is CCCCNC(=O)CCNCc1ccccc1C. The fourth-order valence-electron chi connectivity index (χ4n) is 1.73. The fraction of sp³-hybridized carbons (Fsp3) is 0.533. The minimum Gasteiger partial charge on any atom is -0.356 e. The lowest BCUT2D eigenvalue weighted by atomic mass is 10.1. The fourth-order valence-corrected chi connectivity index (χ4v) is 1.73. The third kappa shape index (κ3) is 5.82. The first-order valence-corrected chi connectivity index (χ1v) is 6.76. The van der Waals surface area contributed by atoms with Crippen LogP contribution in [0.5, 0.6) is 0 Å². The summed E-state index contributed by atoms with van der Waals surface area (Å²) in [6, 6.07) is 8.31. The van der Waals surface area contributed by atoms with Crippen molar-refractivity contribution in [3.63, 3.8) is 0 Å². The predicted octanol–water partition coefficient (Wildman–Crippen LogP) is 2.39. The Morgan fingerprint density at radius 2 is 2.00 bits per heavy atom. The van der Waals surface area contributed by atoms with E-state index in [0.29, 0.717) is 6.42 Å². The lowest BCUT2D eigenvalue weighted by Crippen LogP contribution is -2.28.